The summed E-state index contributed by atoms with van der Waals surface area (Å²) in [4.78, 5) is 11.8. The van der Waals surface area contributed by atoms with Crippen molar-refractivity contribution < 1.29 is 9.18 Å². The van der Waals surface area contributed by atoms with Crippen molar-refractivity contribution in [1.82, 2.24) is 0 Å². The Morgan fingerprint density at radius 1 is 1.67 bits per heavy atom. The molecule has 0 spiro atoms. The molecule has 0 unspecified atom stereocenters. The SMILES string of the molecule is CC(C)(F)C(=O)c1sccc1Br. The van der Waals surface area contributed by atoms with Crippen molar-refractivity contribution in [2.45, 2.75) is 19.5 Å². The molecule has 0 radical (unpaired) electrons. The van der Waals surface area contributed by atoms with Crippen LogP contribution in [0.25, 0.3) is 0 Å². The van der Waals surface area contributed by atoms with Crippen LogP contribution in [-0.2, 0) is 0 Å². The Balaban J connectivity index is 3.01. The lowest BCUT2D eigenvalue weighted by atomic mass is 10.1. The van der Waals surface area contributed by atoms with E-state index in [0.717, 1.165) is 0 Å². The van der Waals surface area contributed by atoms with Crippen molar-refractivity contribution in [3.8, 4) is 0 Å². The van der Waals surface area contributed by atoms with Gasteiger partial charge in [0.05, 0.1) is 4.88 Å². The second-order valence-corrected chi connectivity index (χ2v) is 4.67. The Morgan fingerprint density at radius 2 is 2.25 bits per heavy atom. The van der Waals surface area contributed by atoms with Gasteiger partial charge in [0.2, 0.25) is 5.78 Å². The molecule has 1 aromatic rings. The van der Waals surface area contributed by atoms with Gasteiger partial charge in [-0.25, -0.2) is 4.39 Å². The molecule has 4 heteroatoms. The first kappa shape index (κ1) is 9.86. The first-order valence-corrected chi connectivity index (χ1v) is 5.07. The molecule has 0 saturated heterocycles. The Labute approximate surface area is 82.7 Å². The van der Waals surface area contributed by atoms with Crippen LogP contribution in [-0.4, -0.2) is 11.5 Å². The van der Waals surface area contributed by atoms with Gasteiger partial charge in [-0.3, -0.25) is 4.79 Å². The van der Waals surface area contributed by atoms with E-state index in [2.05, 4.69) is 15.9 Å². The van der Waals surface area contributed by atoms with Crippen LogP contribution < -0.4 is 0 Å². The summed E-state index contributed by atoms with van der Waals surface area (Å²) in [6.45, 7) is 2.53. The Kier molecular flexibility index (Phi) is 2.68. The highest BCUT2D eigenvalue weighted by Crippen LogP contribution is 2.28. The van der Waals surface area contributed by atoms with Crippen LogP contribution >= 0.6 is 27.3 Å². The van der Waals surface area contributed by atoms with E-state index in [0.29, 0.717) is 9.35 Å². The van der Waals surface area contributed by atoms with Crippen LogP contribution in [0.3, 0.4) is 0 Å². The molecule has 0 fully saturated rings. The molecular formula is C8H8BrFOS. The molecule has 0 aliphatic rings. The molecular weight excluding hydrogens is 243 g/mol. The molecule has 1 rings (SSSR count). The number of hydrogen-bond donors (Lipinski definition) is 0. The van der Waals surface area contributed by atoms with Gasteiger partial charge in [0.25, 0.3) is 0 Å². The predicted octanol–water partition coefficient (Wildman–Crippen LogP) is 3.44. The van der Waals surface area contributed by atoms with Gasteiger partial charge < -0.3 is 0 Å². The summed E-state index contributed by atoms with van der Waals surface area (Å²) in [5, 5.41) is 1.75. The van der Waals surface area contributed by atoms with Crippen molar-refractivity contribution in [2.75, 3.05) is 0 Å². The van der Waals surface area contributed by atoms with E-state index in [4.69, 9.17) is 0 Å². The van der Waals surface area contributed by atoms with Gasteiger partial charge in [0.15, 0.2) is 5.67 Å². The maximum absolute atomic E-state index is 13.2. The Bertz CT molecular complexity index is 300. The predicted molar refractivity (Wildman–Crippen MR) is 51.5 cm³/mol. The number of carbonyl (C=O) groups is 1. The van der Waals surface area contributed by atoms with Crippen molar-refractivity contribution in [1.29, 1.82) is 0 Å². The number of Topliss-reactive ketones (excluding diaryl/α,β-unsaturated/α-hetero) is 1. The van der Waals surface area contributed by atoms with Crippen LogP contribution in [0.2, 0.25) is 0 Å². The lowest BCUT2D eigenvalue weighted by Crippen LogP contribution is -2.25. The minimum absolute atomic E-state index is 0.447. The maximum atomic E-state index is 13.2. The number of hydrogen-bond acceptors (Lipinski definition) is 2. The molecule has 0 aliphatic carbocycles. The summed E-state index contributed by atoms with van der Waals surface area (Å²) in [6.07, 6.45) is 0. The number of thiophene rings is 1. The summed E-state index contributed by atoms with van der Waals surface area (Å²) in [6, 6.07) is 1.74. The second-order valence-electron chi connectivity index (χ2n) is 2.90. The first-order valence-electron chi connectivity index (χ1n) is 3.39. The summed E-state index contributed by atoms with van der Waals surface area (Å²) in [5.41, 5.74) is -1.78. The summed E-state index contributed by atoms with van der Waals surface area (Å²) in [7, 11) is 0. The minimum Gasteiger partial charge on any atom is -0.290 e. The summed E-state index contributed by atoms with van der Waals surface area (Å²) in [5.74, 6) is -0.468. The number of ketones is 1. The van der Waals surface area contributed by atoms with Crippen LogP contribution in [0.15, 0.2) is 15.9 Å². The topological polar surface area (TPSA) is 17.1 Å². The highest BCUT2D eigenvalue weighted by atomic mass is 79.9. The molecule has 0 aliphatic heterocycles. The summed E-state index contributed by atoms with van der Waals surface area (Å²) < 4.78 is 13.8. The van der Waals surface area contributed by atoms with Gasteiger partial charge >= 0.3 is 0 Å². The standard InChI is InChI=1S/C8H8BrFOS/c1-8(2,10)7(11)6-5(9)3-4-12-6/h3-4H,1-2H3. The molecule has 12 heavy (non-hydrogen) atoms. The third-order valence-corrected chi connectivity index (χ3v) is 3.20. The number of halogens is 2. The first-order chi connectivity index (χ1) is 5.43. The van der Waals surface area contributed by atoms with Gasteiger partial charge in [0.1, 0.15) is 0 Å². The fourth-order valence-electron chi connectivity index (χ4n) is 0.726. The number of alkyl halides is 1. The minimum atomic E-state index is -1.78. The molecule has 0 bridgehead atoms. The van der Waals surface area contributed by atoms with Gasteiger partial charge in [-0.2, -0.15) is 0 Å². The van der Waals surface area contributed by atoms with Gasteiger partial charge in [0, 0.05) is 4.47 Å². The largest absolute Gasteiger partial charge is 0.290 e. The van der Waals surface area contributed by atoms with Crippen molar-refractivity contribution in [3.05, 3.63) is 20.8 Å². The highest BCUT2D eigenvalue weighted by molar-refractivity contribution is 9.10. The maximum Gasteiger partial charge on any atom is 0.210 e. The van der Waals surface area contributed by atoms with E-state index in [1.807, 2.05) is 0 Å². The van der Waals surface area contributed by atoms with Crippen molar-refractivity contribution >= 4 is 33.0 Å². The Morgan fingerprint density at radius 3 is 2.58 bits per heavy atom. The van der Waals surface area contributed by atoms with Crippen molar-refractivity contribution in [3.63, 3.8) is 0 Å². The van der Waals surface area contributed by atoms with E-state index in [1.54, 1.807) is 11.4 Å². The average Bonchev–Trinajstić information content (AvgIpc) is 2.31. The lowest BCUT2D eigenvalue weighted by molar-refractivity contribution is 0.0764. The normalized spacial score (nSPS) is 11.7. The third kappa shape index (κ3) is 1.93. The highest BCUT2D eigenvalue weighted by Gasteiger charge is 2.29. The smallest absolute Gasteiger partial charge is 0.210 e. The average molecular weight is 251 g/mol. The van der Waals surface area contributed by atoms with Crippen LogP contribution in [0, 0.1) is 0 Å². The quantitative estimate of drug-likeness (QED) is 0.736. The fourth-order valence-corrected chi connectivity index (χ4v) is 2.36. The molecule has 1 aromatic heterocycles. The van der Waals surface area contributed by atoms with E-state index in [1.165, 1.54) is 25.2 Å². The molecule has 0 aromatic carbocycles. The van der Waals surface area contributed by atoms with E-state index in [9.17, 15) is 9.18 Å². The molecule has 1 heterocycles. The monoisotopic (exact) mass is 250 g/mol. The van der Waals surface area contributed by atoms with Gasteiger partial charge in [-0.1, -0.05) is 0 Å². The third-order valence-electron chi connectivity index (χ3n) is 1.36. The van der Waals surface area contributed by atoms with E-state index >= 15 is 0 Å². The second kappa shape index (κ2) is 3.26. The Hall–Kier alpha value is -0.220. The number of rotatable bonds is 2. The fraction of sp³-hybridized carbons (Fsp3) is 0.375. The molecule has 0 atom stereocenters. The van der Waals surface area contributed by atoms with E-state index in [-0.39, 0.29) is 0 Å². The van der Waals surface area contributed by atoms with Crippen LogP contribution in [0.1, 0.15) is 23.5 Å². The number of carbonyl (C=O) groups excluding carboxylic acids is 1. The van der Waals surface area contributed by atoms with E-state index < -0.39 is 11.5 Å². The molecule has 66 valence electrons. The van der Waals surface area contributed by atoms with Gasteiger partial charge in [-0.05, 0) is 41.2 Å². The zero-order chi connectivity index (χ0) is 9.35. The lowest BCUT2D eigenvalue weighted by Gasteiger charge is -2.10. The molecule has 0 saturated carbocycles. The zero-order valence-electron chi connectivity index (χ0n) is 6.73. The molecule has 1 nitrogen and oxygen atoms in total. The molecule has 0 N–H and O–H groups in total. The van der Waals surface area contributed by atoms with Crippen LogP contribution in [0.4, 0.5) is 4.39 Å². The summed E-state index contributed by atoms with van der Waals surface area (Å²) >= 11 is 4.43. The molecule has 0 amide bonds. The zero-order valence-corrected chi connectivity index (χ0v) is 9.13. The van der Waals surface area contributed by atoms with Crippen molar-refractivity contribution in [2.24, 2.45) is 0 Å². The van der Waals surface area contributed by atoms with Gasteiger partial charge in [-0.15, -0.1) is 11.3 Å². The van der Waals surface area contributed by atoms with Crippen LogP contribution in [0.5, 0.6) is 0 Å².